The lowest BCUT2D eigenvalue weighted by Gasteiger charge is -2.14. The lowest BCUT2D eigenvalue weighted by molar-refractivity contribution is -0.114. The largest absolute Gasteiger partial charge is 0.384 e. The Labute approximate surface area is 148 Å². The molecule has 1 aromatic carbocycles. The predicted octanol–water partition coefficient (Wildman–Crippen LogP) is 3.11. The molecule has 2 aromatic rings. The fourth-order valence-electron chi connectivity index (χ4n) is 1.75. The SMILES string of the molecule is COCCc1nsc(N(C)CC(=O)Nc2ccc(Cl)c(Cl)c2)n1. The Morgan fingerprint density at radius 1 is 1.39 bits per heavy atom. The number of amides is 1. The van der Waals surface area contributed by atoms with Crippen molar-refractivity contribution >= 4 is 51.5 Å². The van der Waals surface area contributed by atoms with Crippen LogP contribution in [-0.4, -0.2) is 42.6 Å². The molecule has 0 saturated heterocycles. The molecule has 23 heavy (non-hydrogen) atoms. The van der Waals surface area contributed by atoms with Gasteiger partial charge in [0.25, 0.3) is 0 Å². The van der Waals surface area contributed by atoms with Crippen molar-refractivity contribution in [3.63, 3.8) is 0 Å². The van der Waals surface area contributed by atoms with Crippen molar-refractivity contribution in [2.24, 2.45) is 0 Å². The minimum atomic E-state index is -0.181. The molecule has 1 N–H and O–H groups in total. The Bertz CT molecular complexity index is 681. The molecule has 6 nitrogen and oxygen atoms in total. The third-order valence-corrected chi connectivity index (χ3v) is 4.51. The van der Waals surface area contributed by atoms with E-state index in [1.54, 1.807) is 37.3 Å². The van der Waals surface area contributed by atoms with Crippen LogP contribution in [0.1, 0.15) is 5.82 Å². The molecule has 0 saturated carbocycles. The van der Waals surface area contributed by atoms with Crippen LogP contribution in [0.5, 0.6) is 0 Å². The number of methoxy groups -OCH3 is 1. The van der Waals surface area contributed by atoms with Crippen LogP contribution in [0, 0.1) is 0 Å². The van der Waals surface area contributed by atoms with Crippen molar-refractivity contribution in [1.29, 1.82) is 0 Å². The van der Waals surface area contributed by atoms with Crippen LogP contribution in [0.15, 0.2) is 18.2 Å². The number of carbonyl (C=O) groups is 1. The molecule has 1 aromatic heterocycles. The van der Waals surface area contributed by atoms with Crippen molar-refractivity contribution in [2.45, 2.75) is 6.42 Å². The van der Waals surface area contributed by atoms with Crippen molar-refractivity contribution in [3.8, 4) is 0 Å². The maximum absolute atomic E-state index is 12.1. The molecule has 124 valence electrons. The fraction of sp³-hybridized carbons (Fsp3) is 0.357. The molecule has 0 bridgehead atoms. The van der Waals surface area contributed by atoms with E-state index in [0.29, 0.717) is 39.7 Å². The highest BCUT2D eigenvalue weighted by molar-refractivity contribution is 7.09. The molecule has 2 rings (SSSR count). The second kappa shape index (κ2) is 8.44. The van der Waals surface area contributed by atoms with Gasteiger partial charge in [-0.3, -0.25) is 4.79 Å². The number of anilines is 2. The van der Waals surface area contributed by atoms with Crippen molar-refractivity contribution < 1.29 is 9.53 Å². The summed E-state index contributed by atoms with van der Waals surface area (Å²) in [6.07, 6.45) is 0.649. The van der Waals surface area contributed by atoms with Gasteiger partial charge in [-0.25, -0.2) is 4.98 Å². The molecule has 9 heteroatoms. The standard InChI is InChI=1S/C14H16Cl2N4O2S/c1-20(14-18-12(19-23-14)5-6-22-2)8-13(21)17-9-3-4-10(15)11(16)7-9/h3-4,7H,5-6,8H2,1-2H3,(H,17,21). The molecule has 1 amide bonds. The number of hydrogen-bond acceptors (Lipinski definition) is 6. The first-order valence-electron chi connectivity index (χ1n) is 6.77. The summed E-state index contributed by atoms with van der Waals surface area (Å²) in [4.78, 5) is 18.2. The number of halogens is 2. The van der Waals surface area contributed by atoms with Gasteiger partial charge >= 0.3 is 0 Å². The molecular weight excluding hydrogens is 359 g/mol. The zero-order chi connectivity index (χ0) is 16.8. The highest BCUT2D eigenvalue weighted by Gasteiger charge is 2.13. The number of rotatable bonds is 7. The third-order valence-electron chi connectivity index (χ3n) is 2.90. The van der Waals surface area contributed by atoms with Crippen LogP contribution < -0.4 is 10.2 Å². The summed E-state index contributed by atoms with van der Waals surface area (Å²) in [5, 5.41) is 4.28. The first-order chi connectivity index (χ1) is 11.0. The molecule has 0 atom stereocenters. The second-order valence-electron chi connectivity index (χ2n) is 4.77. The van der Waals surface area contributed by atoms with Gasteiger partial charge in [-0.05, 0) is 18.2 Å². The lowest BCUT2D eigenvalue weighted by atomic mass is 10.3. The first-order valence-corrected chi connectivity index (χ1v) is 8.30. The molecule has 0 unspecified atom stereocenters. The van der Waals surface area contributed by atoms with Gasteiger partial charge in [-0.1, -0.05) is 23.2 Å². The topological polar surface area (TPSA) is 67.3 Å². The van der Waals surface area contributed by atoms with E-state index in [4.69, 9.17) is 27.9 Å². The van der Waals surface area contributed by atoms with Crippen molar-refractivity contribution in [3.05, 3.63) is 34.1 Å². The maximum Gasteiger partial charge on any atom is 0.243 e. The van der Waals surface area contributed by atoms with Gasteiger partial charge in [0, 0.05) is 37.8 Å². The molecule has 0 aliphatic rings. The average molecular weight is 375 g/mol. The Hall–Kier alpha value is -1.41. The minimum absolute atomic E-state index is 0.152. The number of benzene rings is 1. The summed E-state index contributed by atoms with van der Waals surface area (Å²) in [6.45, 7) is 0.719. The molecular formula is C14H16Cl2N4O2S. The van der Waals surface area contributed by atoms with Gasteiger partial charge in [0.2, 0.25) is 11.0 Å². The molecule has 0 fully saturated rings. The van der Waals surface area contributed by atoms with Crippen LogP contribution in [0.25, 0.3) is 0 Å². The Balaban J connectivity index is 1.91. The number of nitrogens with zero attached hydrogens (tertiary/aromatic N) is 3. The van der Waals surface area contributed by atoms with E-state index in [-0.39, 0.29) is 12.5 Å². The average Bonchev–Trinajstić information content (AvgIpc) is 2.98. The normalized spacial score (nSPS) is 10.6. The second-order valence-corrected chi connectivity index (χ2v) is 6.31. The lowest BCUT2D eigenvalue weighted by Crippen LogP contribution is -2.30. The van der Waals surface area contributed by atoms with Gasteiger partial charge in [-0.15, -0.1) is 0 Å². The Morgan fingerprint density at radius 3 is 2.87 bits per heavy atom. The van der Waals surface area contributed by atoms with E-state index >= 15 is 0 Å². The quantitative estimate of drug-likeness (QED) is 0.806. The van der Waals surface area contributed by atoms with E-state index in [1.165, 1.54) is 11.5 Å². The Kier molecular flexibility index (Phi) is 6.59. The van der Waals surface area contributed by atoms with Crippen LogP contribution in [0.3, 0.4) is 0 Å². The van der Waals surface area contributed by atoms with E-state index in [1.807, 2.05) is 0 Å². The minimum Gasteiger partial charge on any atom is -0.384 e. The zero-order valence-corrected chi connectivity index (χ0v) is 15.0. The van der Waals surface area contributed by atoms with Gasteiger partial charge in [-0.2, -0.15) is 4.37 Å². The summed E-state index contributed by atoms with van der Waals surface area (Å²) in [5.74, 6) is 0.531. The van der Waals surface area contributed by atoms with Gasteiger partial charge in [0.1, 0.15) is 5.82 Å². The van der Waals surface area contributed by atoms with Crippen LogP contribution in [0.4, 0.5) is 10.8 Å². The number of aromatic nitrogens is 2. The number of hydrogen-bond donors (Lipinski definition) is 1. The molecule has 0 radical (unpaired) electrons. The molecule has 0 aliphatic heterocycles. The van der Waals surface area contributed by atoms with Gasteiger partial charge in [0.15, 0.2) is 0 Å². The smallest absolute Gasteiger partial charge is 0.243 e. The van der Waals surface area contributed by atoms with Crippen LogP contribution >= 0.6 is 34.7 Å². The Morgan fingerprint density at radius 2 is 2.17 bits per heavy atom. The highest BCUT2D eigenvalue weighted by Crippen LogP contribution is 2.25. The van der Waals surface area contributed by atoms with E-state index in [0.717, 1.165) is 0 Å². The van der Waals surface area contributed by atoms with Gasteiger partial charge in [0.05, 0.1) is 23.2 Å². The van der Waals surface area contributed by atoms with Crippen LogP contribution in [-0.2, 0) is 16.0 Å². The third kappa shape index (κ3) is 5.31. The summed E-state index contributed by atoms with van der Waals surface area (Å²) in [5.41, 5.74) is 0.593. The summed E-state index contributed by atoms with van der Waals surface area (Å²) in [6, 6.07) is 4.94. The molecule has 0 spiro atoms. The molecule has 0 aliphatic carbocycles. The van der Waals surface area contributed by atoms with Gasteiger partial charge < -0.3 is 15.0 Å². The van der Waals surface area contributed by atoms with Crippen LogP contribution in [0.2, 0.25) is 10.0 Å². The monoisotopic (exact) mass is 374 g/mol. The summed E-state index contributed by atoms with van der Waals surface area (Å²) in [7, 11) is 3.42. The van der Waals surface area contributed by atoms with Crippen molar-refractivity contribution in [2.75, 3.05) is 37.5 Å². The predicted molar refractivity (Wildman–Crippen MR) is 93.9 cm³/mol. The molecule has 1 heterocycles. The summed E-state index contributed by atoms with van der Waals surface area (Å²) < 4.78 is 9.22. The van der Waals surface area contributed by atoms with E-state index in [9.17, 15) is 4.79 Å². The number of nitrogens with one attached hydrogen (secondary N) is 1. The first kappa shape index (κ1) is 17.9. The van der Waals surface area contributed by atoms with Crippen molar-refractivity contribution in [1.82, 2.24) is 9.36 Å². The number of ether oxygens (including phenoxy) is 1. The number of likely N-dealkylation sites (N-methyl/N-ethyl adjacent to an activating group) is 1. The zero-order valence-electron chi connectivity index (χ0n) is 12.7. The highest BCUT2D eigenvalue weighted by atomic mass is 35.5. The number of carbonyl (C=O) groups excluding carboxylic acids is 1. The van der Waals surface area contributed by atoms with E-state index < -0.39 is 0 Å². The van der Waals surface area contributed by atoms with E-state index in [2.05, 4.69) is 14.7 Å². The maximum atomic E-state index is 12.1. The summed E-state index contributed by atoms with van der Waals surface area (Å²) >= 11 is 13.0. The fourth-order valence-corrected chi connectivity index (χ4v) is 2.72.